The number of para-hydroxylation sites is 1. The van der Waals surface area contributed by atoms with Crippen molar-refractivity contribution in [1.29, 1.82) is 0 Å². The molecule has 14 heteroatoms. The van der Waals surface area contributed by atoms with Gasteiger partial charge in [-0.3, -0.25) is 0 Å². The van der Waals surface area contributed by atoms with Crippen LogP contribution in [0.25, 0.3) is 0 Å². The second-order valence-corrected chi connectivity index (χ2v) is 8.10. The van der Waals surface area contributed by atoms with Crippen LogP contribution >= 0.6 is 11.6 Å². The molecule has 1 aromatic carbocycles. The van der Waals surface area contributed by atoms with Crippen molar-refractivity contribution < 1.29 is 44.2 Å². The Bertz CT molecular complexity index is 974. The fourth-order valence-corrected chi connectivity index (χ4v) is 4.06. The summed E-state index contributed by atoms with van der Waals surface area (Å²) in [5.41, 5.74) is -0.380. The lowest BCUT2D eigenvalue weighted by atomic mass is 10.2. The second-order valence-electron chi connectivity index (χ2n) is 5.65. The van der Waals surface area contributed by atoms with E-state index in [1.54, 1.807) is 0 Å². The van der Waals surface area contributed by atoms with Crippen molar-refractivity contribution in [2.45, 2.75) is 42.5 Å². The van der Waals surface area contributed by atoms with Gasteiger partial charge in [0.25, 0.3) is 0 Å². The van der Waals surface area contributed by atoms with Gasteiger partial charge < -0.3 is 41.1 Å². The number of aliphatic hydroxyl groups is 7. The summed E-state index contributed by atoms with van der Waals surface area (Å²) in [7, 11) is -5.68. The maximum absolute atomic E-state index is 12.8. The van der Waals surface area contributed by atoms with Crippen molar-refractivity contribution >= 4 is 32.9 Å². The number of hydrogen-bond acceptors (Lipinski definition) is 12. The van der Waals surface area contributed by atoms with Gasteiger partial charge in [0.1, 0.15) is 10.8 Å². The number of nitrogens with one attached hydrogen (secondary N) is 1. The minimum atomic E-state index is -5.68. The molecule has 168 valence electrons. The molecule has 1 heterocycles. The van der Waals surface area contributed by atoms with E-state index in [4.69, 9.17) is 11.6 Å². The zero-order valence-electron chi connectivity index (χ0n) is 16.0. The maximum Gasteiger partial charge on any atom is 0.333 e. The van der Waals surface area contributed by atoms with Gasteiger partial charge in [-0.05, 0) is 19.1 Å². The number of anilines is 2. The lowest BCUT2D eigenvalue weighted by Crippen LogP contribution is -2.72. The van der Waals surface area contributed by atoms with Gasteiger partial charge >= 0.3 is 16.9 Å². The van der Waals surface area contributed by atoms with Gasteiger partial charge in [-0.1, -0.05) is 37.6 Å². The highest BCUT2D eigenvalue weighted by Crippen LogP contribution is 2.40. The zero-order chi connectivity index (χ0) is 23.5. The highest BCUT2D eigenvalue weighted by molar-refractivity contribution is 7.93. The zero-order valence-corrected chi connectivity index (χ0v) is 17.6. The van der Waals surface area contributed by atoms with Gasteiger partial charge in [0.2, 0.25) is 9.84 Å². The Morgan fingerprint density at radius 3 is 1.97 bits per heavy atom. The summed E-state index contributed by atoms with van der Waals surface area (Å²) in [6.45, 7) is 5.51. The predicted molar refractivity (Wildman–Crippen MR) is 104 cm³/mol. The number of hydrogen-bond donors (Lipinski definition) is 8. The van der Waals surface area contributed by atoms with Crippen molar-refractivity contribution in [2.24, 2.45) is 0 Å². The summed E-state index contributed by atoms with van der Waals surface area (Å²) in [5, 5.41) is 68.2. The first-order chi connectivity index (χ1) is 13.6. The van der Waals surface area contributed by atoms with Crippen molar-refractivity contribution in [3.05, 3.63) is 41.3 Å². The predicted octanol–water partition coefficient (Wildman–Crippen LogP) is -1.07. The standard InChI is InChI=1S/C14H16ClN3O9S.C2H6/c1-7-16-6-8(15)11(17-7)18-9-4-2-3-5-10(9)28(26,27)12(19,13(20,21)22)14(23,24)25;1-2/h2-6,19-25H,1H3,(H,16,17,18);1-2H3. The molecular weight excluding hydrogens is 446 g/mol. The van der Waals surface area contributed by atoms with E-state index < -0.39 is 31.6 Å². The minimum absolute atomic E-state index is 0.0327. The first-order valence-corrected chi connectivity index (χ1v) is 10.2. The van der Waals surface area contributed by atoms with E-state index >= 15 is 0 Å². The van der Waals surface area contributed by atoms with Gasteiger partial charge in [0.05, 0.1) is 16.8 Å². The van der Waals surface area contributed by atoms with Crippen molar-refractivity contribution in [3.8, 4) is 0 Å². The van der Waals surface area contributed by atoms with E-state index in [-0.39, 0.29) is 22.4 Å². The van der Waals surface area contributed by atoms with Crippen LogP contribution in [0.4, 0.5) is 11.5 Å². The molecule has 0 aliphatic rings. The Kier molecular flexibility index (Phi) is 7.87. The third-order valence-electron chi connectivity index (χ3n) is 3.59. The van der Waals surface area contributed by atoms with Gasteiger partial charge in [-0.25, -0.2) is 18.4 Å². The molecule has 8 N–H and O–H groups in total. The van der Waals surface area contributed by atoms with Crippen LogP contribution in [-0.2, 0) is 9.84 Å². The Morgan fingerprint density at radius 2 is 1.47 bits per heavy atom. The summed E-state index contributed by atoms with van der Waals surface area (Å²) in [6.07, 6.45) is 1.21. The van der Waals surface area contributed by atoms with Crippen molar-refractivity contribution in [2.75, 3.05) is 5.32 Å². The van der Waals surface area contributed by atoms with Crippen LogP contribution in [0.1, 0.15) is 19.7 Å². The average Bonchev–Trinajstić information content (AvgIpc) is 2.64. The van der Waals surface area contributed by atoms with Crippen LogP contribution in [0.5, 0.6) is 0 Å². The highest BCUT2D eigenvalue weighted by atomic mass is 35.5. The van der Waals surface area contributed by atoms with Crippen LogP contribution in [0.3, 0.4) is 0 Å². The van der Waals surface area contributed by atoms with E-state index in [0.29, 0.717) is 0 Å². The molecule has 0 radical (unpaired) electrons. The Hall–Kier alpha value is -1.94. The molecule has 0 spiro atoms. The summed E-state index contributed by atoms with van der Waals surface area (Å²) in [5.74, 6) is -9.21. The third kappa shape index (κ3) is 4.69. The molecule has 12 nitrogen and oxygen atoms in total. The van der Waals surface area contributed by atoms with Gasteiger partial charge in [-0.15, -0.1) is 0 Å². The largest absolute Gasteiger partial charge is 0.362 e. The van der Waals surface area contributed by atoms with Gasteiger partial charge in [-0.2, -0.15) is 0 Å². The van der Waals surface area contributed by atoms with Crippen LogP contribution in [0.15, 0.2) is 35.4 Å². The molecule has 0 saturated heterocycles. The molecule has 0 aliphatic heterocycles. The Morgan fingerprint density at radius 1 is 0.967 bits per heavy atom. The normalized spacial score (nSPS) is 12.8. The molecule has 0 saturated carbocycles. The smallest absolute Gasteiger partial charge is 0.333 e. The number of benzene rings is 1. The molecule has 0 unspecified atom stereocenters. The van der Waals surface area contributed by atoms with Crippen LogP contribution < -0.4 is 5.32 Å². The molecule has 0 aliphatic carbocycles. The first kappa shape index (κ1) is 26.1. The van der Waals surface area contributed by atoms with Gasteiger partial charge in [0.15, 0.2) is 5.82 Å². The fourth-order valence-electron chi connectivity index (χ4n) is 2.22. The quantitative estimate of drug-likeness (QED) is 0.238. The summed E-state index contributed by atoms with van der Waals surface area (Å²) >= 11 is 5.92. The van der Waals surface area contributed by atoms with Crippen LogP contribution in [0.2, 0.25) is 5.02 Å². The SMILES string of the molecule is CC.Cc1ncc(Cl)c(Nc2ccccc2S(=O)(=O)C(O)(C(O)(O)O)C(O)(O)O)n1. The fraction of sp³-hybridized carbons (Fsp3) is 0.375. The summed E-state index contributed by atoms with van der Waals surface area (Å²) < 4.78 is 25.6. The number of rotatable bonds is 6. The Balaban J connectivity index is 0.00000218. The topological polar surface area (TPSA) is 214 Å². The number of sulfone groups is 1. The maximum atomic E-state index is 12.8. The molecule has 2 rings (SSSR count). The number of aryl methyl sites for hydroxylation is 1. The average molecular weight is 468 g/mol. The lowest BCUT2D eigenvalue weighted by Gasteiger charge is -2.39. The molecule has 0 bridgehead atoms. The molecule has 2 aromatic rings. The molecule has 1 aromatic heterocycles. The molecule has 30 heavy (non-hydrogen) atoms. The highest BCUT2D eigenvalue weighted by Gasteiger charge is 2.71. The van der Waals surface area contributed by atoms with E-state index in [9.17, 15) is 44.2 Å². The van der Waals surface area contributed by atoms with Crippen molar-refractivity contribution in [3.63, 3.8) is 0 Å². The minimum Gasteiger partial charge on any atom is -0.362 e. The number of nitrogens with zero attached hydrogens (tertiary/aromatic N) is 2. The lowest BCUT2D eigenvalue weighted by molar-refractivity contribution is -0.466. The summed E-state index contributed by atoms with van der Waals surface area (Å²) in [6, 6.07) is 4.40. The third-order valence-corrected chi connectivity index (χ3v) is 6.13. The van der Waals surface area contributed by atoms with Crippen LogP contribution in [-0.4, -0.2) is 71.0 Å². The van der Waals surface area contributed by atoms with Gasteiger partial charge in [0, 0.05) is 0 Å². The summed E-state index contributed by atoms with van der Waals surface area (Å²) in [4.78, 5) is 2.08. The monoisotopic (exact) mass is 467 g/mol. The number of halogens is 1. The molecule has 0 amide bonds. The molecule has 0 atom stereocenters. The van der Waals surface area contributed by atoms with E-state index in [1.165, 1.54) is 19.2 Å². The van der Waals surface area contributed by atoms with E-state index in [1.807, 2.05) is 13.8 Å². The van der Waals surface area contributed by atoms with E-state index in [0.717, 1.165) is 18.2 Å². The Labute approximate surface area is 176 Å². The first-order valence-electron chi connectivity index (χ1n) is 8.29. The number of aromatic nitrogens is 2. The second kappa shape index (κ2) is 9.05. The van der Waals surface area contributed by atoms with Crippen LogP contribution in [0, 0.1) is 6.92 Å². The van der Waals surface area contributed by atoms with E-state index in [2.05, 4.69) is 15.3 Å². The van der Waals surface area contributed by atoms with Crippen molar-refractivity contribution in [1.82, 2.24) is 9.97 Å². The molecular formula is C16H22ClN3O9S. The molecule has 0 fully saturated rings.